The molecule has 3 nitrogen and oxygen atoms in total. The number of hydrogen-bond donors (Lipinski definition) is 1. The van der Waals surface area contributed by atoms with E-state index in [1.165, 1.54) is 6.42 Å². The van der Waals surface area contributed by atoms with Crippen molar-refractivity contribution in [1.29, 1.82) is 0 Å². The second-order valence-corrected chi connectivity index (χ2v) is 3.46. The van der Waals surface area contributed by atoms with E-state index in [1.54, 1.807) is 12.0 Å². The molecule has 0 aliphatic carbocycles. The fourth-order valence-electron chi connectivity index (χ4n) is 1.62. The zero-order valence-electron chi connectivity index (χ0n) is 7.32. The van der Waals surface area contributed by atoms with Crippen molar-refractivity contribution in [2.75, 3.05) is 20.3 Å². The Labute approximate surface area is 78.5 Å². The van der Waals surface area contributed by atoms with Gasteiger partial charge in [-0.25, -0.2) is 0 Å². The molecule has 1 aliphatic rings. The van der Waals surface area contributed by atoms with Crippen molar-refractivity contribution < 1.29 is 9.53 Å². The molecule has 0 N–H and O–H groups in total. The standard InChI is InChI=1S/C8H15NO2S/c1-11-6-7-4-2-3-5-9(7)8(10)12/h7H,2-6H2,1H3,(H,10,12). The molecule has 1 aliphatic heterocycles. The van der Waals surface area contributed by atoms with E-state index in [2.05, 4.69) is 12.6 Å². The van der Waals surface area contributed by atoms with Crippen LogP contribution in [0.2, 0.25) is 0 Å². The Kier molecular flexibility index (Phi) is 3.88. The highest BCUT2D eigenvalue weighted by Gasteiger charge is 2.24. The molecule has 0 spiro atoms. The number of methoxy groups -OCH3 is 1. The maximum Gasteiger partial charge on any atom is 0.278 e. The number of ether oxygens (including phenoxy) is 1. The maximum absolute atomic E-state index is 11.0. The largest absolute Gasteiger partial charge is 0.383 e. The van der Waals surface area contributed by atoms with Crippen LogP contribution >= 0.6 is 12.6 Å². The fraction of sp³-hybridized carbons (Fsp3) is 0.875. The lowest BCUT2D eigenvalue weighted by molar-refractivity contribution is 0.0921. The van der Waals surface area contributed by atoms with Crippen LogP contribution in [0.15, 0.2) is 0 Å². The van der Waals surface area contributed by atoms with E-state index in [-0.39, 0.29) is 11.3 Å². The molecule has 1 heterocycles. The minimum Gasteiger partial charge on any atom is -0.383 e. The highest BCUT2D eigenvalue weighted by Crippen LogP contribution is 2.18. The van der Waals surface area contributed by atoms with Gasteiger partial charge in [-0.05, 0) is 19.3 Å². The van der Waals surface area contributed by atoms with Crippen molar-refractivity contribution >= 4 is 17.9 Å². The molecule has 0 bridgehead atoms. The highest BCUT2D eigenvalue weighted by molar-refractivity contribution is 7.96. The van der Waals surface area contributed by atoms with Crippen LogP contribution < -0.4 is 0 Å². The van der Waals surface area contributed by atoms with E-state index < -0.39 is 0 Å². The average molecular weight is 189 g/mol. The lowest BCUT2D eigenvalue weighted by Gasteiger charge is -2.33. The van der Waals surface area contributed by atoms with Crippen LogP contribution in [0.4, 0.5) is 4.79 Å². The van der Waals surface area contributed by atoms with Gasteiger partial charge in [-0.15, -0.1) is 0 Å². The number of thiol groups is 1. The van der Waals surface area contributed by atoms with Crippen molar-refractivity contribution in [3.63, 3.8) is 0 Å². The third kappa shape index (κ3) is 2.38. The van der Waals surface area contributed by atoms with Crippen LogP contribution in [-0.4, -0.2) is 36.4 Å². The Morgan fingerprint density at radius 3 is 3.00 bits per heavy atom. The Bertz CT molecular complexity index is 161. The summed E-state index contributed by atoms with van der Waals surface area (Å²) in [5.41, 5.74) is 0. The molecule has 1 rings (SSSR count). The van der Waals surface area contributed by atoms with E-state index in [0.717, 1.165) is 19.4 Å². The van der Waals surface area contributed by atoms with E-state index in [4.69, 9.17) is 4.74 Å². The van der Waals surface area contributed by atoms with Gasteiger partial charge in [-0.3, -0.25) is 4.79 Å². The lowest BCUT2D eigenvalue weighted by atomic mass is 10.0. The van der Waals surface area contributed by atoms with Crippen LogP contribution in [-0.2, 0) is 4.74 Å². The molecule has 0 radical (unpaired) electrons. The predicted molar refractivity (Wildman–Crippen MR) is 50.6 cm³/mol. The summed E-state index contributed by atoms with van der Waals surface area (Å²) in [6.07, 6.45) is 3.32. The highest BCUT2D eigenvalue weighted by atomic mass is 32.1. The first-order chi connectivity index (χ1) is 5.75. The van der Waals surface area contributed by atoms with Gasteiger partial charge in [0.2, 0.25) is 0 Å². The zero-order valence-corrected chi connectivity index (χ0v) is 8.22. The number of nitrogens with zero attached hydrogens (tertiary/aromatic N) is 1. The molecule has 12 heavy (non-hydrogen) atoms. The summed E-state index contributed by atoms with van der Waals surface area (Å²) in [5, 5.41) is -0.128. The minimum atomic E-state index is -0.128. The number of piperidine rings is 1. The molecule has 1 fully saturated rings. The summed E-state index contributed by atoms with van der Waals surface area (Å²) in [7, 11) is 1.66. The Morgan fingerprint density at radius 2 is 2.42 bits per heavy atom. The van der Waals surface area contributed by atoms with Crippen molar-refractivity contribution in [2.45, 2.75) is 25.3 Å². The van der Waals surface area contributed by atoms with Gasteiger partial charge in [0.05, 0.1) is 12.6 Å². The number of hydrogen-bond acceptors (Lipinski definition) is 2. The van der Waals surface area contributed by atoms with Crippen molar-refractivity contribution in [3.8, 4) is 0 Å². The Hall–Kier alpha value is -0.220. The summed E-state index contributed by atoms with van der Waals surface area (Å²) < 4.78 is 5.03. The van der Waals surface area contributed by atoms with Crippen molar-refractivity contribution in [3.05, 3.63) is 0 Å². The fourth-order valence-corrected chi connectivity index (χ4v) is 1.88. The maximum atomic E-state index is 11.0. The van der Waals surface area contributed by atoms with Gasteiger partial charge in [0.1, 0.15) is 0 Å². The van der Waals surface area contributed by atoms with Crippen LogP contribution in [0.3, 0.4) is 0 Å². The quantitative estimate of drug-likeness (QED) is 0.668. The second kappa shape index (κ2) is 4.72. The number of carbonyl (C=O) groups excluding carboxylic acids is 1. The van der Waals surface area contributed by atoms with Crippen LogP contribution in [0.25, 0.3) is 0 Å². The van der Waals surface area contributed by atoms with Gasteiger partial charge in [0, 0.05) is 13.7 Å². The molecule has 0 saturated carbocycles. The normalized spacial score (nSPS) is 24.2. The molecule has 1 amide bonds. The van der Waals surface area contributed by atoms with E-state index >= 15 is 0 Å². The molecular weight excluding hydrogens is 174 g/mol. The van der Waals surface area contributed by atoms with Crippen LogP contribution in [0, 0.1) is 0 Å². The minimum absolute atomic E-state index is 0.128. The Balaban J connectivity index is 2.48. The average Bonchev–Trinajstić information content (AvgIpc) is 2.05. The predicted octanol–water partition coefficient (Wildman–Crippen LogP) is 1.54. The molecule has 70 valence electrons. The number of rotatable bonds is 2. The molecular formula is C8H15NO2S. The molecule has 4 heteroatoms. The van der Waals surface area contributed by atoms with Gasteiger partial charge in [0.25, 0.3) is 5.24 Å². The number of amides is 1. The van der Waals surface area contributed by atoms with E-state index in [9.17, 15) is 4.79 Å². The first kappa shape index (κ1) is 9.86. The second-order valence-electron chi connectivity index (χ2n) is 3.08. The zero-order chi connectivity index (χ0) is 8.97. The molecule has 1 atom stereocenters. The number of carbonyl (C=O) groups is 1. The summed E-state index contributed by atoms with van der Waals surface area (Å²) in [4.78, 5) is 12.8. The lowest BCUT2D eigenvalue weighted by Crippen LogP contribution is -2.43. The monoisotopic (exact) mass is 189 g/mol. The SMILES string of the molecule is COCC1CCCCN1C(=O)S. The van der Waals surface area contributed by atoms with Gasteiger partial charge >= 0.3 is 0 Å². The van der Waals surface area contributed by atoms with E-state index in [0.29, 0.717) is 6.61 Å². The summed E-state index contributed by atoms with van der Waals surface area (Å²) in [5.74, 6) is 0. The van der Waals surface area contributed by atoms with Gasteiger partial charge in [-0.1, -0.05) is 12.6 Å². The summed E-state index contributed by atoms with van der Waals surface area (Å²) in [6.45, 7) is 1.46. The summed E-state index contributed by atoms with van der Waals surface area (Å²) in [6, 6.07) is 0.244. The first-order valence-corrected chi connectivity index (χ1v) is 4.69. The molecule has 0 aromatic rings. The summed E-state index contributed by atoms with van der Waals surface area (Å²) >= 11 is 3.82. The van der Waals surface area contributed by atoms with Crippen molar-refractivity contribution in [1.82, 2.24) is 4.90 Å². The van der Waals surface area contributed by atoms with E-state index in [1.807, 2.05) is 0 Å². The smallest absolute Gasteiger partial charge is 0.278 e. The third-order valence-electron chi connectivity index (χ3n) is 2.23. The van der Waals surface area contributed by atoms with Crippen molar-refractivity contribution in [2.24, 2.45) is 0 Å². The van der Waals surface area contributed by atoms with Gasteiger partial charge < -0.3 is 9.64 Å². The Morgan fingerprint density at radius 1 is 1.67 bits per heavy atom. The van der Waals surface area contributed by atoms with Crippen LogP contribution in [0.5, 0.6) is 0 Å². The van der Waals surface area contributed by atoms with Gasteiger partial charge in [0.15, 0.2) is 0 Å². The number of likely N-dealkylation sites (tertiary alicyclic amines) is 1. The molecule has 0 aromatic carbocycles. The first-order valence-electron chi connectivity index (χ1n) is 4.24. The molecule has 0 aromatic heterocycles. The third-order valence-corrected chi connectivity index (χ3v) is 2.49. The molecule has 1 saturated heterocycles. The molecule has 1 unspecified atom stereocenters. The topological polar surface area (TPSA) is 29.5 Å². The van der Waals surface area contributed by atoms with Crippen LogP contribution in [0.1, 0.15) is 19.3 Å². The van der Waals surface area contributed by atoms with Gasteiger partial charge in [-0.2, -0.15) is 0 Å².